The van der Waals surface area contributed by atoms with Crippen LogP contribution in [-0.2, 0) is 0 Å². The second-order valence-corrected chi connectivity index (χ2v) is 3.55. The highest BCUT2D eigenvalue weighted by molar-refractivity contribution is 7.98. The van der Waals surface area contributed by atoms with E-state index in [4.69, 9.17) is 9.47 Å². The third-order valence-corrected chi connectivity index (χ3v) is 2.55. The smallest absolute Gasteiger partial charge is 0.174 e. The Bertz CT molecular complexity index is 272. The SMILES string of the molecule is COc1cc(C)cc(SC)c1OC. The summed E-state index contributed by atoms with van der Waals surface area (Å²) in [5.41, 5.74) is 1.18. The van der Waals surface area contributed by atoms with E-state index in [1.807, 2.05) is 19.2 Å². The molecular weight excluding hydrogens is 184 g/mol. The molecule has 0 saturated heterocycles. The summed E-state index contributed by atoms with van der Waals surface area (Å²) in [7, 11) is 3.31. The molecule has 0 atom stereocenters. The predicted octanol–water partition coefficient (Wildman–Crippen LogP) is 2.73. The summed E-state index contributed by atoms with van der Waals surface area (Å²) in [6.07, 6.45) is 2.02. The molecule has 0 saturated carbocycles. The zero-order chi connectivity index (χ0) is 9.84. The zero-order valence-electron chi connectivity index (χ0n) is 8.38. The fourth-order valence-corrected chi connectivity index (χ4v) is 1.89. The van der Waals surface area contributed by atoms with Gasteiger partial charge in [-0.1, -0.05) is 0 Å². The first kappa shape index (κ1) is 10.3. The van der Waals surface area contributed by atoms with Crippen LogP contribution >= 0.6 is 11.8 Å². The van der Waals surface area contributed by atoms with Gasteiger partial charge in [0, 0.05) is 0 Å². The van der Waals surface area contributed by atoms with Crippen molar-refractivity contribution in [1.82, 2.24) is 0 Å². The summed E-state index contributed by atoms with van der Waals surface area (Å²) < 4.78 is 10.5. The highest BCUT2D eigenvalue weighted by atomic mass is 32.2. The normalized spacial score (nSPS) is 9.85. The molecule has 0 aliphatic rings. The number of rotatable bonds is 3. The molecule has 0 radical (unpaired) electrons. The third-order valence-electron chi connectivity index (χ3n) is 1.81. The van der Waals surface area contributed by atoms with Gasteiger partial charge in [-0.15, -0.1) is 11.8 Å². The number of hydrogen-bond donors (Lipinski definition) is 0. The van der Waals surface area contributed by atoms with Crippen LogP contribution in [0.2, 0.25) is 0 Å². The third kappa shape index (κ3) is 2.10. The van der Waals surface area contributed by atoms with Crippen molar-refractivity contribution in [2.24, 2.45) is 0 Å². The monoisotopic (exact) mass is 198 g/mol. The van der Waals surface area contributed by atoms with Crippen LogP contribution < -0.4 is 9.47 Å². The number of hydrogen-bond acceptors (Lipinski definition) is 3. The molecule has 1 rings (SSSR count). The lowest BCUT2D eigenvalue weighted by molar-refractivity contribution is 0.347. The second kappa shape index (κ2) is 4.42. The first-order valence-electron chi connectivity index (χ1n) is 3.99. The number of benzene rings is 1. The molecule has 0 aliphatic carbocycles. The Morgan fingerprint density at radius 3 is 2.31 bits per heavy atom. The van der Waals surface area contributed by atoms with E-state index < -0.39 is 0 Å². The zero-order valence-corrected chi connectivity index (χ0v) is 9.20. The first-order valence-corrected chi connectivity index (χ1v) is 5.22. The van der Waals surface area contributed by atoms with E-state index in [2.05, 4.69) is 6.07 Å². The van der Waals surface area contributed by atoms with Gasteiger partial charge < -0.3 is 9.47 Å². The van der Waals surface area contributed by atoms with Gasteiger partial charge in [0.1, 0.15) is 0 Å². The first-order chi connectivity index (χ1) is 6.22. The molecule has 3 heteroatoms. The van der Waals surface area contributed by atoms with Crippen LogP contribution in [0.25, 0.3) is 0 Å². The number of thioether (sulfide) groups is 1. The summed E-state index contributed by atoms with van der Waals surface area (Å²) >= 11 is 1.66. The van der Waals surface area contributed by atoms with Gasteiger partial charge >= 0.3 is 0 Å². The quantitative estimate of drug-likeness (QED) is 0.696. The van der Waals surface area contributed by atoms with Crippen molar-refractivity contribution in [3.8, 4) is 11.5 Å². The van der Waals surface area contributed by atoms with Crippen LogP contribution in [0.3, 0.4) is 0 Å². The molecule has 0 N–H and O–H groups in total. The predicted molar refractivity (Wildman–Crippen MR) is 56.1 cm³/mol. The Morgan fingerprint density at radius 1 is 1.15 bits per heavy atom. The van der Waals surface area contributed by atoms with Crippen molar-refractivity contribution >= 4 is 11.8 Å². The molecule has 0 fully saturated rings. The Hall–Kier alpha value is -0.830. The molecule has 0 spiro atoms. The maximum atomic E-state index is 5.27. The van der Waals surface area contributed by atoms with Crippen molar-refractivity contribution < 1.29 is 9.47 Å². The number of methoxy groups -OCH3 is 2. The average molecular weight is 198 g/mol. The molecular formula is C10H14O2S. The van der Waals surface area contributed by atoms with E-state index in [0.717, 1.165) is 16.4 Å². The van der Waals surface area contributed by atoms with E-state index in [1.54, 1.807) is 26.0 Å². The maximum absolute atomic E-state index is 5.27. The van der Waals surface area contributed by atoms with E-state index in [-0.39, 0.29) is 0 Å². The lowest BCUT2D eigenvalue weighted by atomic mass is 10.2. The molecule has 72 valence electrons. The molecule has 0 amide bonds. The van der Waals surface area contributed by atoms with E-state index in [9.17, 15) is 0 Å². The van der Waals surface area contributed by atoms with Gasteiger partial charge in [-0.2, -0.15) is 0 Å². The Balaban J connectivity index is 3.25. The Labute approximate surface area is 83.2 Å². The minimum absolute atomic E-state index is 0.798. The number of ether oxygens (including phenoxy) is 2. The minimum atomic E-state index is 0.798. The van der Waals surface area contributed by atoms with Crippen LogP contribution in [0.1, 0.15) is 5.56 Å². The van der Waals surface area contributed by atoms with Crippen molar-refractivity contribution in [2.75, 3.05) is 20.5 Å². The van der Waals surface area contributed by atoms with Crippen LogP contribution in [-0.4, -0.2) is 20.5 Å². The molecule has 0 aliphatic heterocycles. The summed E-state index contributed by atoms with van der Waals surface area (Å²) in [5, 5.41) is 0. The largest absolute Gasteiger partial charge is 0.493 e. The van der Waals surface area contributed by atoms with Gasteiger partial charge in [0.2, 0.25) is 0 Å². The summed E-state index contributed by atoms with van der Waals surface area (Å²) in [4.78, 5) is 1.11. The van der Waals surface area contributed by atoms with Gasteiger partial charge in [0.25, 0.3) is 0 Å². The molecule has 2 nitrogen and oxygen atoms in total. The van der Waals surface area contributed by atoms with Gasteiger partial charge in [-0.25, -0.2) is 0 Å². The van der Waals surface area contributed by atoms with Crippen LogP contribution in [0.4, 0.5) is 0 Å². The highest BCUT2D eigenvalue weighted by Crippen LogP contribution is 2.37. The van der Waals surface area contributed by atoms with Crippen molar-refractivity contribution in [2.45, 2.75) is 11.8 Å². The van der Waals surface area contributed by atoms with Crippen LogP contribution in [0.15, 0.2) is 17.0 Å². The van der Waals surface area contributed by atoms with Crippen molar-refractivity contribution in [1.29, 1.82) is 0 Å². The molecule has 0 heterocycles. The molecule has 1 aromatic carbocycles. The fraction of sp³-hybridized carbons (Fsp3) is 0.400. The molecule has 1 aromatic rings. The molecule has 0 aromatic heterocycles. The maximum Gasteiger partial charge on any atom is 0.174 e. The highest BCUT2D eigenvalue weighted by Gasteiger charge is 2.09. The van der Waals surface area contributed by atoms with Gasteiger partial charge in [-0.3, -0.25) is 0 Å². The average Bonchev–Trinajstić information content (AvgIpc) is 2.16. The lowest BCUT2D eigenvalue weighted by Gasteiger charge is -2.11. The lowest BCUT2D eigenvalue weighted by Crippen LogP contribution is -1.93. The summed E-state index contributed by atoms with van der Waals surface area (Å²) in [6.45, 7) is 2.04. The van der Waals surface area contributed by atoms with Gasteiger partial charge in [-0.05, 0) is 30.9 Å². The number of aryl methyl sites for hydroxylation is 1. The summed E-state index contributed by atoms with van der Waals surface area (Å²) in [6, 6.07) is 4.06. The van der Waals surface area contributed by atoms with Gasteiger partial charge in [0.15, 0.2) is 11.5 Å². The van der Waals surface area contributed by atoms with Crippen LogP contribution in [0, 0.1) is 6.92 Å². The van der Waals surface area contributed by atoms with E-state index in [1.165, 1.54) is 5.56 Å². The molecule has 0 unspecified atom stereocenters. The van der Waals surface area contributed by atoms with E-state index in [0.29, 0.717) is 0 Å². The van der Waals surface area contributed by atoms with Gasteiger partial charge in [0.05, 0.1) is 19.1 Å². The fourth-order valence-electron chi connectivity index (χ4n) is 1.21. The second-order valence-electron chi connectivity index (χ2n) is 2.70. The molecule has 13 heavy (non-hydrogen) atoms. The standard InChI is InChI=1S/C10H14O2S/c1-7-5-8(11-2)10(12-3)9(6-7)13-4/h5-6H,1-4H3. The topological polar surface area (TPSA) is 18.5 Å². The van der Waals surface area contributed by atoms with Crippen molar-refractivity contribution in [3.63, 3.8) is 0 Å². The summed E-state index contributed by atoms with van der Waals surface area (Å²) in [5.74, 6) is 1.62. The Morgan fingerprint density at radius 2 is 1.85 bits per heavy atom. The molecule has 0 bridgehead atoms. The van der Waals surface area contributed by atoms with Crippen LogP contribution in [0.5, 0.6) is 11.5 Å². The van der Waals surface area contributed by atoms with Crippen molar-refractivity contribution in [3.05, 3.63) is 17.7 Å². The minimum Gasteiger partial charge on any atom is -0.493 e. The van der Waals surface area contributed by atoms with E-state index >= 15 is 0 Å². The Kier molecular flexibility index (Phi) is 3.48.